The zero-order chi connectivity index (χ0) is 10.8. The second-order valence-corrected chi connectivity index (χ2v) is 5.37. The van der Waals surface area contributed by atoms with Crippen LogP contribution < -0.4 is 5.32 Å². The van der Waals surface area contributed by atoms with E-state index in [9.17, 15) is 4.79 Å². The summed E-state index contributed by atoms with van der Waals surface area (Å²) >= 11 is 1.72. The average molecular weight is 224 g/mol. The third-order valence-electron chi connectivity index (χ3n) is 2.89. The zero-order valence-corrected chi connectivity index (χ0v) is 9.99. The van der Waals surface area contributed by atoms with E-state index in [2.05, 4.69) is 17.2 Å². The number of hydrogen-bond acceptors (Lipinski definition) is 3. The van der Waals surface area contributed by atoms with Gasteiger partial charge >= 0.3 is 0 Å². The molecule has 1 atom stereocenters. The van der Waals surface area contributed by atoms with Crippen LogP contribution in [0.3, 0.4) is 0 Å². The molecule has 2 rings (SSSR count). The summed E-state index contributed by atoms with van der Waals surface area (Å²) in [5.74, 6) is 0.343. The number of thiazole rings is 1. The lowest BCUT2D eigenvalue weighted by Crippen LogP contribution is -2.37. The number of nitrogens with one attached hydrogen (secondary N) is 1. The van der Waals surface area contributed by atoms with Gasteiger partial charge in [-0.2, -0.15) is 0 Å². The molecule has 1 saturated heterocycles. The van der Waals surface area contributed by atoms with Crippen molar-refractivity contribution in [3.63, 3.8) is 0 Å². The molecule has 2 heterocycles. The molecule has 0 aliphatic carbocycles. The molecule has 82 valence electrons. The van der Waals surface area contributed by atoms with Crippen molar-refractivity contribution < 1.29 is 4.79 Å². The summed E-state index contributed by atoms with van der Waals surface area (Å²) in [5, 5.41) is 4.02. The second kappa shape index (κ2) is 4.31. The summed E-state index contributed by atoms with van der Waals surface area (Å²) in [4.78, 5) is 17.3. The molecule has 1 unspecified atom stereocenters. The highest BCUT2D eigenvalue weighted by molar-refractivity contribution is 7.11. The fraction of sp³-hybridized carbons (Fsp3) is 0.636. The van der Waals surface area contributed by atoms with E-state index in [1.807, 2.05) is 6.92 Å². The number of nitrogens with zero attached hydrogens (tertiary/aromatic N) is 1. The molecule has 1 N–H and O–H groups in total. The van der Waals surface area contributed by atoms with Crippen LogP contribution in [0.1, 0.15) is 28.4 Å². The number of hydrogen-bond donors (Lipinski definition) is 1. The first kappa shape index (κ1) is 10.6. The lowest BCUT2D eigenvalue weighted by Gasteiger charge is -2.20. The monoisotopic (exact) mass is 224 g/mol. The molecule has 0 bridgehead atoms. The third-order valence-corrected chi connectivity index (χ3v) is 3.99. The van der Waals surface area contributed by atoms with E-state index in [0.29, 0.717) is 0 Å². The van der Waals surface area contributed by atoms with Crippen LogP contribution >= 0.6 is 11.3 Å². The number of amides is 1. The molecule has 0 radical (unpaired) electrons. The largest absolute Gasteiger partial charge is 0.356 e. The van der Waals surface area contributed by atoms with Gasteiger partial charge in [0.15, 0.2) is 0 Å². The molecular weight excluding hydrogens is 208 g/mol. The predicted molar refractivity (Wildman–Crippen MR) is 61.0 cm³/mol. The van der Waals surface area contributed by atoms with Crippen molar-refractivity contribution in [3.8, 4) is 0 Å². The minimum Gasteiger partial charge on any atom is -0.356 e. The van der Waals surface area contributed by atoms with E-state index in [-0.39, 0.29) is 11.8 Å². The smallest absolute Gasteiger partial charge is 0.223 e. The highest BCUT2D eigenvalue weighted by Crippen LogP contribution is 2.22. The van der Waals surface area contributed by atoms with Crippen molar-refractivity contribution in [3.05, 3.63) is 15.6 Å². The van der Waals surface area contributed by atoms with Crippen LogP contribution in [-0.2, 0) is 11.2 Å². The molecule has 0 spiro atoms. The zero-order valence-electron chi connectivity index (χ0n) is 9.17. The van der Waals surface area contributed by atoms with Crippen molar-refractivity contribution >= 4 is 17.2 Å². The SMILES string of the molecule is Cc1nc(CC2CCCNC2=O)sc1C. The van der Waals surface area contributed by atoms with Gasteiger partial charge in [-0.15, -0.1) is 11.3 Å². The number of carbonyl (C=O) groups is 1. The molecule has 1 aliphatic heterocycles. The number of carbonyl (C=O) groups excluding carboxylic acids is 1. The van der Waals surface area contributed by atoms with Gasteiger partial charge in [0.1, 0.15) is 0 Å². The highest BCUT2D eigenvalue weighted by atomic mass is 32.1. The Hall–Kier alpha value is -0.900. The van der Waals surface area contributed by atoms with E-state index >= 15 is 0 Å². The first-order valence-electron chi connectivity index (χ1n) is 5.37. The summed E-state index contributed by atoms with van der Waals surface area (Å²) < 4.78 is 0. The van der Waals surface area contributed by atoms with Crippen molar-refractivity contribution in [1.82, 2.24) is 10.3 Å². The summed E-state index contributed by atoms with van der Waals surface area (Å²) in [6.45, 7) is 4.94. The Morgan fingerprint density at radius 3 is 2.93 bits per heavy atom. The number of rotatable bonds is 2. The van der Waals surface area contributed by atoms with Gasteiger partial charge in [0.25, 0.3) is 0 Å². The van der Waals surface area contributed by atoms with Gasteiger partial charge in [0.05, 0.1) is 10.7 Å². The van der Waals surface area contributed by atoms with Crippen LogP contribution in [0, 0.1) is 19.8 Å². The molecule has 1 amide bonds. The molecule has 15 heavy (non-hydrogen) atoms. The fourth-order valence-electron chi connectivity index (χ4n) is 1.87. The summed E-state index contributed by atoms with van der Waals surface area (Å²) in [5.41, 5.74) is 1.10. The Balaban J connectivity index is 2.04. The van der Waals surface area contributed by atoms with Gasteiger partial charge in [-0.3, -0.25) is 4.79 Å². The van der Waals surface area contributed by atoms with Gasteiger partial charge < -0.3 is 5.32 Å². The normalized spacial score (nSPS) is 21.5. The Bertz CT molecular complexity index is 353. The van der Waals surface area contributed by atoms with Crippen molar-refractivity contribution in [2.24, 2.45) is 5.92 Å². The molecule has 1 aliphatic rings. The molecular formula is C11H16N2OS. The summed E-state index contributed by atoms with van der Waals surface area (Å²) in [6.07, 6.45) is 2.91. The topological polar surface area (TPSA) is 42.0 Å². The molecule has 4 heteroatoms. The molecule has 1 aromatic heterocycles. The molecule has 0 aromatic carbocycles. The lowest BCUT2D eigenvalue weighted by atomic mass is 9.96. The van der Waals surface area contributed by atoms with Gasteiger partial charge in [-0.25, -0.2) is 4.98 Å². The minimum atomic E-state index is 0.142. The molecule has 1 aromatic rings. The maximum Gasteiger partial charge on any atom is 0.223 e. The van der Waals surface area contributed by atoms with Crippen LogP contribution in [0.4, 0.5) is 0 Å². The first-order chi connectivity index (χ1) is 7.16. The van der Waals surface area contributed by atoms with E-state index < -0.39 is 0 Å². The summed E-state index contributed by atoms with van der Waals surface area (Å²) in [6, 6.07) is 0. The Morgan fingerprint density at radius 1 is 1.53 bits per heavy atom. The van der Waals surface area contributed by atoms with E-state index in [4.69, 9.17) is 0 Å². The Labute approximate surface area is 93.9 Å². The second-order valence-electron chi connectivity index (χ2n) is 4.08. The third kappa shape index (κ3) is 2.37. The number of piperidine rings is 1. The number of aromatic nitrogens is 1. The van der Waals surface area contributed by atoms with Crippen LogP contribution in [-0.4, -0.2) is 17.4 Å². The van der Waals surface area contributed by atoms with Gasteiger partial charge in [-0.1, -0.05) is 0 Å². The van der Waals surface area contributed by atoms with Crippen LogP contribution in [0.15, 0.2) is 0 Å². The van der Waals surface area contributed by atoms with Gasteiger partial charge in [-0.05, 0) is 26.7 Å². The standard InChI is InChI=1S/C11H16N2OS/c1-7-8(2)15-10(13-7)6-9-4-3-5-12-11(9)14/h9H,3-6H2,1-2H3,(H,12,14). The summed E-state index contributed by atoms with van der Waals surface area (Å²) in [7, 11) is 0. The minimum absolute atomic E-state index is 0.142. The molecule has 0 saturated carbocycles. The van der Waals surface area contributed by atoms with Crippen molar-refractivity contribution in [2.45, 2.75) is 33.1 Å². The van der Waals surface area contributed by atoms with Gasteiger partial charge in [0.2, 0.25) is 5.91 Å². The van der Waals surface area contributed by atoms with Gasteiger partial charge in [0, 0.05) is 23.8 Å². The molecule has 3 nitrogen and oxygen atoms in total. The maximum atomic E-state index is 11.6. The number of aryl methyl sites for hydroxylation is 2. The quantitative estimate of drug-likeness (QED) is 0.832. The Kier molecular flexibility index (Phi) is 3.05. The predicted octanol–water partition coefficient (Wildman–Crippen LogP) is 1.83. The van der Waals surface area contributed by atoms with E-state index in [1.54, 1.807) is 11.3 Å². The van der Waals surface area contributed by atoms with Crippen molar-refractivity contribution in [1.29, 1.82) is 0 Å². The van der Waals surface area contributed by atoms with Crippen LogP contribution in [0.25, 0.3) is 0 Å². The van der Waals surface area contributed by atoms with E-state index in [1.165, 1.54) is 4.88 Å². The Morgan fingerprint density at radius 2 is 2.33 bits per heavy atom. The van der Waals surface area contributed by atoms with Crippen molar-refractivity contribution in [2.75, 3.05) is 6.54 Å². The maximum absolute atomic E-state index is 11.6. The fourth-order valence-corrected chi connectivity index (χ4v) is 2.88. The van der Waals surface area contributed by atoms with Crippen LogP contribution in [0.5, 0.6) is 0 Å². The van der Waals surface area contributed by atoms with Crippen LogP contribution in [0.2, 0.25) is 0 Å². The average Bonchev–Trinajstić information content (AvgIpc) is 2.50. The lowest BCUT2D eigenvalue weighted by molar-refractivity contribution is -0.126. The highest BCUT2D eigenvalue weighted by Gasteiger charge is 2.23. The molecule has 1 fully saturated rings. The van der Waals surface area contributed by atoms with E-state index in [0.717, 1.165) is 36.5 Å². The first-order valence-corrected chi connectivity index (χ1v) is 6.19.